The van der Waals surface area contributed by atoms with Crippen molar-refractivity contribution >= 4 is 0 Å². The van der Waals surface area contributed by atoms with Gasteiger partial charge in [-0.15, -0.1) is 0 Å². The van der Waals surface area contributed by atoms with E-state index >= 15 is 0 Å². The molecule has 0 aromatic heterocycles. The maximum atomic E-state index is 5.45. The second-order valence-electron chi connectivity index (χ2n) is 4.49. The summed E-state index contributed by atoms with van der Waals surface area (Å²) in [6, 6.07) is 0. The maximum absolute atomic E-state index is 5.45. The minimum absolute atomic E-state index is 0.239. The molecule has 1 heterocycles. The van der Waals surface area contributed by atoms with Gasteiger partial charge in [-0.1, -0.05) is 13.8 Å². The van der Waals surface area contributed by atoms with Gasteiger partial charge in [0.1, 0.15) is 0 Å². The standard InChI is InChI=1S/C10H21NO/c1-9(2)7-11-10(3)5-4-6-12-8-10/h9,11H,4-8H2,1-3H3. The van der Waals surface area contributed by atoms with Gasteiger partial charge >= 0.3 is 0 Å². The summed E-state index contributed by atoms with van der Waals surface area (Å²) >= 11 is 0. The highest BCUT2D eigenvalue weighted by molar-refractivity contribution is 4.85. The highest BCUT2D eigenvalue weighted by Crippen LogP contribution is 2.18. The lowest BCUT2D eigenvalue weighted by molar-refractivity contribution is 0.0274. The molecule has 0 spiro atoms. The normalized spacial score (nSPS) is 31.0. The van der Waals surface area contributed by atoms with Crippen LogP contribution in [0.5, 0.6) is 0 Å². The van der Waals surface area contributed by atoms with Crippen LogP contribution in [0.1, 0.15) is 33.6 Å². The molecule has 0 radical (unpaired) electrons. The molecule has 72 valence electrons. The fourth-order valence-electron chi connectivity index (χ4n) is 1.52. The topological polar surface area (TPSA) is 21.3 Å². The third-order valence-electron chi connectivity index (χ3n) is 2.37. The van der Waals surface area contributed by atoms with Gasteiger partial charge < -0.3 is 10.1 Å². The van der Waals surface area contributed by atoms with Gasteiger partial charge in [-0.25, -0.2) is 0 Å². The molecule has 12 heavy (non-hydrogen) atoms. The van der Waals surface area contributed by atoms with Gasteiger partial charge in [0.15, 0.2) is 0 Å². The van der Waals surface area contributed by atoms with Gasteiger partial charge in [0, 0.05) is 12.1 Å². The lowest BCUT2D eigenvalue weighted by Crippen LogP contribution is -2.50. The molecule has 2 heteroatoms. The van der Waals surface area contributed by atoms with E-state index in [1.54, 1.807) is 0 Å². The van der Waals surface area contributed by atoms with Crippen molar-refractivity contribution in [1.29, 1.82) is 0 Å². The van der Waals surface area contributed by atoms with E-state index < -0.39 is 0 Å². The first-order valence-corrected chi connectivity index (χ1v) is 4.95. The minimum atomic E-state index is 0.239. The molecule has 0 aliphatic carbocycles. The lowest BCUT2D eigenvalue weighted by atomic mass is 9.94. The summed E-state index contributed by atoms with van der Waals surface area (Å²) in [5.74, 6) is 0.726. The molecule has 1 saturated heterocycles. The Morgan fingerprint density at radius 2 is 2.25 bits per heavy atom. The zero-order valence-corrected chi connectivity index (χ0v) is 8.52. The van der Waals surface area contributed by atoms with Crippen molar-refractivity contribution in [3.63, 3.8) is 0 Å². The van der Waals surface area contributed by atoms with E-state index in [0.29, 0.717) is 0 Å². The number of ether oxygens (including phenoxy) is 1. The molecule has 0 bridgehead atoms. The first kappa shape index (κ1) is 10.0. The van der Waals surface area contributed by atoms with Crippen LogP contribution in [0.4, 0.5) is 0 Å². The predicted molar refractivity (Wildman–Crippen MR) is 51.3 cm³/mol. The van der Waals surface area contributed by atoms with E-state index in [1.807, 2.05) is 0 Å². The van der Waals surface area contributed by atoms with Crippen molar-refractivity contribution in [2.45, 2.75) is 39.2 Å². The van der Waals surface area contributed by atoms with Gasteiger partial charge in [-0.2, -0.15) is 0 Å². The highest BCUT2D eigenvalue weighted by atomic mass is 16.5. The van der Waals surface area contributed by atoms with Gasteiger partial charge in [0.2, 0.25) is 0 Å². The smallest absolute Gasteiger partial charge is 0.0645 e. The van der Waals surface area contributed by atoms with Crippen LogP contribution in [0, 0.1) is 5.92 Å². The van der Waals surface area contributed by atoms with Crippen LogP contribution in [0.2, 0.25) is 0 Å². The zero-order chi connectivity index (χ0) is 9.03. The summed E-state index contributed by atoms with van der Waals surface area (Å²) in [5.41, 5.74) is 0.239. The second-order valence-corrected chi connectivity index (χ2v) is 4.49. The van der Waals surface area contributed by atoms with Crippen LogP contribution in [-0.2, 0) is 4.74 Å². The maximum Gasteiger partial charge on any atom is 0.0645 e. The van der Waals surface area contributed by atoms with Crippen LogP contribution < -0.4 is 5.32 Å². The van der Waals surface area contributed by atoms with Crippen molar-refractivity contribution in [2.75, 3.05) is 19.8 Å². The molecule has 1 aliphatic rings. The fraction of sp³-hybridized carbons (Fsp3) is 1.00. The molecular weight excluding hydrogens is 150 g/mol. The summed E-state index contributed by atoms with van der Waals surface area (Å²) in [7, 11) is 0. The van der Waals surface area contributed by atoms with E-state index in [0.717, 1.165) is 25.7 Å². The Kier molecular flexibility index (Phi) is 3.53. The van der Waals surface area contributed by atoms with Crippen LogP contribution in [0.15, 0.2) is 0 Å². The van der Waals surface area contributed by atoms with E-state index in [9.17, 15) is 0 Å². The van der Waals surface area contributed by atoms with Gasteiger partial charge in [0.05, 0.1) is 6.61 Å². The largest absolute Gasteiger partial charge is 0.380 e. The first-order valence-electron chi connectivity index (χ1n) is 4.95. The van der Waals surface area contributed by atoms with E-state index in [1.165, 1.54) is 12.8 Å². The molecular formula is C10H21NO. The summed E-state index contributed by atoms with van der Waals surface area (Å²) < 4.78 is 5.45. The lowest BCUT2D eigenvalue weighted by Gasteiger charge is -2.35. The molecule has 0 saturated carbocycles. The minimum Gasteiger partial charge on any atom is -0.380 e. The number of hydrogen-bond acceptors (Lipinski definition) is 2. The molecule has 1 atom stereocenters. The first-order chi connectivity index (χ1) is 5.62. The van der Waals surface area contributed by atoms with Gasteiger partial charge in [-0.3, -0.25) is 0 Å². The molecule has 0 aromatic rings. The fourth-order valence-corrected chi connectivity index (χ4v) is 1.52. The molecule has 1 rings (SSSR count). The van der Waals surface area contributed by atoms with E-state index in [-0.39, 0.29) is 5.54 Å². The Hall–Kier alpha value is -0.0800. The zero-order valence-electron chi connectivity index (χ0n) is 8.52. The third kappa shape index (κ3) is 3.11. The Morgan fingerprint density at radius 1 is 1.50 bits per heavy atom. The van der Waals surface area contributed by atoms with Gasteiger partial charge in [0.25, 0.3) is 0 Å². The van der Waals surface area contributed by atoms with Crippen molar-refractivity contribution in [1.82, 2.24) is 5.32 Å². The molecule has 1 N–H and O–H groups in total. The van der Waals surface area contributed by atoms with Crippen LogP contribution >= 0.6 is 0 Å². The number of rotatable bonds is 3. The quantitative estimate of drug-likeness (QED) is 0.699. The molecule has 1 fully saturated rings. The van der Waals surface area contributed by atoms with Crippen LogP contribution in [0.3, 0.4) is 0 Å². The Morgan fingerprint density at radius 3 is 2.75 bits per heavy atom. The Labute approximate surface area is 75.7 Å². The van der Waals surface area contributed by atoms with Crippen molar-refractivity contribution < 1.29 is 4.74 Å². The second kappa shape index (κ2) is 4.24. The molecule has 0 amide bonds. The molecule has 0 aromatic carbocycles. The monoisotopic (exact) mass is 171 g/mol. The number of nitrogens with one attached hydrogen (secondary N) is 1. The summed E-state index contributed by atoms with van der Waals surface area (Å²) in [6.07, 6.45) is 2.45. The SMILES string of the molecule is CC(C)CNC1(C)CCCOC1. The Bertz CT molecular complexity index is 128. The summed E-state index contributed by atoms with van der Waals surface area (Å²) in [5, 5.41) is 3.57. The number of hydrogen-bond donors (Lipinski definition) is 1. The molecule has 2 nitrogen and oxygen atoms in total. The average Bonchev–Trinajstić information content (AvgIpc) is 2.03. The molecule has 1 aliphatic heterocycles. The van der Waals surface area contributed by atoms with Crippen molar-refractivity contribution in [2.24, 2.45) is 5.92 Å². The van der Waals surface area contributed by atoms with Crippen molar-refractivity contribution in [3.8, 4) is 0 Å². The Balaban J connectivity index is 2.26. The van der Waals surface area contributed by atoms with E-state index in [4.69, 9.17) is 4.74 Å². The summed E-state index contributed by atoms with van der Waals surface area (Å²) in [4.78, 5) is 0. The third-order valence-corrected chi connectivity index (χ3v) is 2.37. The highest BCUT2D eigenvalue weighted by Gasteiger charge is 2.26. The van der Waals surface area contributed by atoms with Crippen LogP contribution in [-0.4, -0.2) is 25.3 Å². The van der Waals surface area contributed by atoms with Gasteiger partial charge in [-0.05, 0) is 32.2 Å². The predicted octanol–water partition coefficient (Wildman–Crippen LogP) is 1.80. The van der Waals surface area contributed by atoms with E-state index in [2.05, 4.69) is 26.1 Å². The molecule has 1 unspecified atom stereocenters. The average molecular weight is 171 g/mol. The summed E-state index contributed by atoms with van der Waals surface area (Å²) in [6.45, 7) is 9.65. The van der Waals surface area contributed by atoms with Crippen molar-refractivity contribution in [3.05, 3.63) is 0 Å². The van der Waals surface area contributed by atoms with Crippen LogP contribution in [0.25, 0.3) is 0 Å².